The van der Waals surface area contributed by atoms with Crippen molar-refractivity contribution in [2.45, 2.75) is 64.5 Å². The number of amides is 1. The van der Waals surface area contributed by atoms with Crippen LogP contribution in [0, 0.1) is 5.92 Å². The van der Waals surface area contributed by atoms with E-state index in [-0.39, 0.29) is 12.1 Å². The van der Waals surface area contributed by atoms with Gasteiger partial charge in [-0.2, -0.15) is 0 Å². The molecule has 1 aliphatic carbocycles. The second kappa shape index (κ2) is 6.24. The number of carbonyl (C=O) groups excluding carboxylic acids is 1. The Kier molecular flexibility index (Phi) is 5.25. The Hall–Kier alpha value is -0.770. The largest absolute Gasteiger partial charge is 0.444 e. The second-order valence-corrected chi connectivity index (χ2v) is 5.87. The molecule has 0 aromatic carbocycles. The third-order valence-corrected chi connectivity index (χ3v) is 3.15. The predicted molar refractivity (Wildman–Crippen MR) is 68.8 cm³/mol. The lowest BCUT2D eigenvalue weighted by Crippen LogP contribution is -2.43. The van der Waals surface area contributed by atoms with Gasteiger partial charge in [0.25, 0.3) is 0 Å². The summed E-state index contributed by atoms with van der Waals surface area (Å²) in [6, 6.07) is 0.178. The van der Waals surface area contributed by atoms with E-state index in [1.54, 1.807) is 0 Å². The molecule has 1 rings (SSSR count). The fourth-order valence-corrected chi connectivity index (χ4v) is 2.42. The van der Waals surface area contributed by atoms with Crippen molar-refractivity contribution in [1.82, 2.24) is 5.32 Å². The lowest BCUT2D eigenvalue weighted by molar-refractivity contribution is 0.0483. The molecule has 0 radical (unpaired) electrons. The van der Waals surface area contributed by atoms with Crippen molar-refractivity contribution in [3.05, 3.63) is 0 Å². The zero-order valence-electron chi connectivity index (χ0n) is 11.3. The minimum atomic E-state index is -0.437. The number of hydrogen-bond donors (Lipinski definition) is 2. The number of ether oxygens (including phenoxy) is 1. The summed E-state index contributed by atoms with van der Waals surface area (Å²) < 4.78 is 5.28. The molecule has 0 saturated heterocycles. The van der Waals surface area contributed by atoms with Crippen LogP contribution in [0.25, 0.3) is 0 Å². The first-order valence-corrected chi connectivity index (χ1v) is 6.62. The van der Waals surface area contributed by atoms with Gasteiger partial charge in [0.1, 0.15) is 5.60 Å². The van der Waals surface area contributed by atoms with Gasteiger partial charge in [0, 0.05) is 6.04 Å². The summed E-state index contributed by atoms with van der Waals surface area (Å²) in [5, 5.41) is 2.98. The van der Waals surface area contributed by atoms with Gasteiger partial charge in [-0.05, 0) is 52.5 Å². The maximum atomic E-state index is 11.7. The average Bonchev–Trinajstić information content (AvgIpc) is 2.66. The van der Waals surface area contributed by atoms with E-state index >= 15 is 0 Å². The summed E-state index contributed by atoms with van der Waals surface area (Å²) in [7, 11) is 0. The van der Waals surface area contributed by atoms with Crippen LogP contribution in [0.1, 0.15) is 52.9 Å². The van der Waals surface area contributed by atoms with Crippen molar-refractivity contribution in [3.63, 3.8) is 0 Å². The van der Waals surface area contributed by atoms with E-state index in [1.165, 1.54) is 25.7 Å². The molecule has 1 atom stereocenters. The van der Waals surface area contributed by atoms with Crippen molar-refractivity contribution in [2.75, 3.05) is 6.54 Å². The Labute approximate surface area is 104 Å². The number of rotatable bonds is 4. The normalized spacial score (nSPS) is 19.1. The maximum Gasteiger partial charge on any atom is 0.407 e. The maximum absolute atomic E-state index is 11.7. The third-order valence-electron chi connectivity index (χ3n) is 3.15. The number of hydrogen-bond acceptors (Lipinski definition) is 3. The van der Waals surface area contributed by atoms with Gasteiger partial charge in [0.15, 0.2) is 0 Å². The fraction of sp³-hybridized carbons (Fsp3) is 0.923. The lowest BCUT2D eigenvalue weighted by atomic mass is 9.95. The zero-order chi connectivity index (χ0) is 12.9. The van der Waals surface area contributed by atoms with Gasteiger partial charge in [-0.15, -0.1) is 0 Å². The Balaban J connectivity index is 2.45. The molecular weight excluding hydrogens is 216 g/mol. The van der Waals surface area contributed by atoms with Crippen molar-refractivity contribution in [2.24, 2.45) is 11.7 Å². The highest BCUT2D eigenvalue weighted by Crippen LogP contribution is 2.29. The van der Waals surface area contributed by atoms with Gasteiger partial charge >= 0.3 is 6.09 Å². The molecule has 0 bridgehead atoms. The standard InChI is InChI=1S/C13H26N2O2/c1-13(2,3)17-12(16)15-11(8-9-14)10-6-4-5-7-10/h10-11H,4-9,14H2,1-3H3,(H,15,16). The summed E-state index contributed by atoms with van der Waals surface area (Å²) in [6.07, 6.45) is 5.44. The van der Waals surface area contributed by atoms with Crippen LogP contribution in [0.4, 0.5) is 4.79 Å². The van der Waals surface area contributed by atoms with Gasteiger partial charge in [-0.25, -0.2) is 4.79 Å². The van der Waals surface area contributed by atoms with Crippen LogP contribution in [0.5, 0.6) is 0 Å². The summed E-state index contributed by atoms with van der Waals surface area (Å²) in [4.78, 5) is 11.7. The van der Waals surface area contributed by atoms with Crippen LogP contribution in [-0.4, -0.2) is 24.3 Å². The SMILES string of the molecule is CC(C)(C)OC(=O)NC(CCN)C1CCCC1. The minimum Gasteiger partial charge on any atom is -0.444 e. The third kappa shape index (κ3) is 5.39. The molecular formula is C13H26N2O2. The second-order valence-electron chi connectivity index (χ2n) is 5.87. The Bertz CT molecular complexity index is 242. The number of nitrogens with two attached hydrogens (primary N) is 1. The molecule has 100 valence electrons. The first-order chi connectivity index (χ1) is 7.92. The highest BCUT2D eigenvalue weighted by Gasteiger charge is 2.27. The van der Waals surface area contributed by atoms with Gasteiger partial charge in [0.05, 0.1) is 0 Å². The average molecular weight is 242 g/mol. The van der Waals surface area contributed by atoms with Crippen LogP contribution in [0.2, 0.25) is 0 Å². The first kappa shape index (κ1) is 14.3. The molecule has 0 spiro atoms. The van der Waals surface area contributed by atoms with Gasteiger partial charge < -0.3 is 15.8 Å². The van der Waals surface area contributed by atoms with E-state index in [4.69, 9.17) is 10.5 Å². The molecule has 0 heterocycles. The molecule has 1 saturated carbocycles. The molecule has 3 N–H and O–H groups in total. The smallest absolute Gasteiger partial charge is 0.407 e. The Morgan fingerprint density at radius 2 is 2.00 bits per heavy atom. The molecule has 4 nitrogen and oxygen atoms in total. The highest BCUT2D eigenvalue weighted by atomic mass is 16.6. The fourth-order valence-electron chi connectivity index (χ4n) is 2.42. The Morgan fingerprint density at radius 1 is 1.41 bits per heavy atom. The topological polar surface area (TPSA) is 64.3 Å². The molecule has 4 heteroatoms. The Morgan fingerprint density at radius 3 is 2.47 bits per heavy atom. The van der Waals surface area contributed by atoms with Crippen LogP contribution in [0.3, 0.4) is 0 Å². The first-order valence-electron chi connectivity index (χ1n) is 6.62. The van der Waals surface area contributed by atoms with E-state index in [1.807, 2.05) is 20.8 Å². The summed E-state index contributed by atoms with van der Waals surface area (Å²) in [5.41, 5.74) is 5.17. The predicted octanol–water partition coefficient (Wildman–Crippen LogP) is 2.42. The minimum absolute atomic E-state index is 0.178. The summed E-state index contributed by atoms with van der Waals surface area (Å²) in [5.74, 6) is 0.575. The molecule has 1 unspecified atom stereocenters. The number of nitrogens with one attached hydrogen (secondary N) is 1. The molecule has 0 aromatic rings. The zero-order valence-corrected chi connectivity index (χ0v) is 11.3. The summed E-state index contributed by atoms with van der Waals surface area (Å²) >= 11 is 0. The van der Waals surface area contributed by atoms with E-state index in [9.17, 15) is 4.79 Å². The number of carbonyl (C=O) groups is 1. The van der Waals surface area contributed by atoms with Gasteiger partial charge in [-0.1, -0.05) is 12.8 Å². The van der Waals surface area contributed by atoms with E-state index in [0.29, 0.717) is 12.5 Å². The van der Waals surface area contributed by atoms with Crippen molar-refractivity contribution in [1.29, 1.82) is 0 Å². The van der Waals surface area contributed by atoms with Crippen molar-refractivity contribution in [3.8, 4) is 0 Å². The van der Waals surface area contributed by atoms with Crippen LogP contribution < -0.4 is 11.1 Å². The summed E-state index contributed by atoms with van der Waals surface area (Å²) in [6.45, 7) is 6.23. The van der Waals surface area contributed by atoms with Crippen molar-refractivity contribution >= 4 is 6.09 Å². The molecule has 0 aromatic heterocycles. The molecule has 17 heavy (non-hydrogen) atoms. The van der Waals surface area contributed by atoms with E-state index in [2.05, 4.69) is 5.32 Å². The van der Waals surface area contributed by atoms with Crippen LogP contribution >= 0.6 is 0 Å². The van der Waals surface area contributed by atoms with Gasteiger partial charge in [0.2, 0.25) is 0 Å². The molecule has 0 aliphatic heterocycles. The van der Waals surface area contributed by atoms with Gasteiger partial charge in [-0.3, -0.25) is 0 Å². The number of alkyl carbamates (subject to hydrolysis) is 1. The molecule has 1 amide bonds. The van der Waals surface area contributed by atoms with E-state index in [0.717, 1.165) is 6.42 Å². The van der Waals surface area contributed by atoms with E-state index < -0.39 is 5.60 Å². The monoisotopic (exact) mass is 242 g/mol. The molecule has 1 fully saturated rings. The quantitative estimate of drug-likeness (QED) is 0.795. The van der Waals surface area contributed by atoms with Crippen LogP contribution in [0.15, 0.2) is 0 Å². The highest BCUT2D eigenvalue weighted by molar-refractivity contribution is 5.68. The lowest BCUT2D eigenvalue weighted by Gasteiger charge is -2.26. The van der Waals surface area contributed by atoms with Crippen LogP contribution in [-0.2, 0) is 4.74 Å². The van der Waals surface area contributed by atoms with Crippen molar-refractivity contribution < 1.29 is 9.53 Å². The molecule has 1 aliphatic rings.